The first-order chi connectivity index (χ1) is 7.88. The molecular formula is C15H32FN. The van der Waals surface area contributed by atoms with Gasteiger partial charge in [-0.05, 0) is 19.3 Å². The summed E-state index contributed by atoms with van der Waals surface area (Å²) in [5.74, 6) is 0. The van der Waals surface area contributed by atoms with Crippen LogP contribution >= 0.6 is 0 Å². The second kappa shape index (κ2) is 11.0. The summed E-state index contributed by atoms with van der Waals surface area (Å²) >= 11 is 0. The summed E-state index contributed by atoms with van der Waals surface area (Å²) in [7, 11) is 0. The van der Waals surface area contributed by atoms with Gasteiger partial charge in [-0.1, -0.05) is 46.0 Å². The molecule has 1 heterocycles. The molecule has 2 heteroatoms. The van der Waals surface area contributed by atoms with E-state index in [1.807, 2.05) is 4.90 Å². The molecule has 0 aromatic rings. The van der Waals surface area contributed by atoms with E-state index in [0.717, 1.165) is 6.04 Å². The molecule has 2 unspecified atom stereocenters. The first-order valence-electron chi connectivity index (χ1n) is 7.73. The third-order valence-corrected chi connectivity index (χ3v) is 4.12. The average Bonchev–Trinajstić information content (AvgIpc) is 2.72. The minimum atomic E-state index is 0. The van der Waals surface area contributed by atoms with Crippen molar-refractivity contribution < 1.29 is 9.60 Å². The molecule has 0 radical (unpaired) electrons. The lowest BCUT2D eigenvalue weighted by molar-refractivity contribution is -0.912. The van der Waals surface area contributed by atoms with E-state index >= 15 is 0 Å². The lowest BCUT2D eigenvalue weighted by Gasteiger charge is -2.21. The van der Waals surface area contributed by atoms with Crippen molar-refractivity contribution in [1.82, 2.24) is 0 Å². The van der Waals surface area contributed by atoms with E-state index in [1.54, 1.807) is 0 Å². The van der Waals surface area contributed by atoms with Crippen molar-refractivity contribution >= 4 is 0 Å². The van der Waals surface area contributed by atoms with Crippen LogP contribution in [0.4, 0.5) is 0 Å². The third-order valence-electron chi connectivity index (χ3n) is 4.12. The molecule has 1 saturated heterocycles. The predicted molar refractivity (Wildman–Crippen MR) is 72.0 cm³/mol. The van der Waals surface area contributed by atoms with Crippen molar-refractivity contribution in [3.05, 3.63) is 0 Å². The van der Waals surface area contributed by atoms with E-state index in [2.05, 4.69) is 13.8 Å². The average molecular weight is 245 g/mol. The maximum Gasteiger partial charge on any atom is 0.0876 e. The molecule has 0 amide bonds. The number of hydrogen-bond acceptors (Lipinski definition) is 0. The molecule has 1 fully saturated rings. The Kier molecular flexibility index (Phi) is 10.9. The van der Waals surface area contributed by atoms with Crippen LogP contribution in [0.1, 0.15) is 78.1 Å². The molecule has 0 bridgehead atoms. The van der Waals surface area contributed by atoms with E-state index in [0.29, 0.717) is 0 Å². The van der Waals surface area contributed by atoms with Gasteiger partial charge in [0.1, 0.15) is 0 Å². The van der Waals surface area contributed by atoms with Gasteiger partial charge >= 0.3 is 0 Å². The zero-order chi connectivity index (χ0) is 11.6. The standard InChI is InChI=1S/C15H31N.FH/c1-3-5-6-7-8-9-13-16-14-10-12-15(16)11-4-2;/h15H,3-14H2,1-2H3;1H. The zero-order valence-corrected chi connectivity index (χ0v) is 11.9. The highest BCUT2D eigenvalue weighted by molar-refractivity contribution is 4.61. The van der Waals surface area contributed by atoms with Gasteiger partial charge in [-0.25, -0.2) is 0 Å². The number of hydrogen-bond donors (Lipinski definition) is 1. The number of nitrogens with one attached hydrogen (secondary N) is 1. The lowest BCUT2D eigenvalue weighted by Crippen LogP contribution is -3.13. The van der Waals surface area contributed by atoms with Crippen LogP contribution in [0, 0.1) is 0 Å². The molecule has 104 valence electrons. The highest BCUT2D eigenvalue weighted by Gasteiger charge is 2.26. The largest absolute Gasteiger partial charge is 1.00 e. The van der Waals surface area contributed by atoms with E-state index in [4.69, 9.17) is 0 Å². The smallest absolute Gasteiger partial charge is 0.0876 e. The topological polar surface area (TPSA) is 4.44 Å². The zero-order valence-electron chi connectivity index (χ0n) is 11.9. The molecule has 1 rings (SSSR count). The molecule has 1 aliphatic rings. The Morgan fingerprint density at radius 1 is 0.941 bits per heavy atom. The minimum absolute atomic E-state index is 0. The molecule has 2 atom stereocenters. The van der Waals surface area contributed by atoms with E-state index in [1.165, 1.54) is 77.3 Å². The molecule has 17 heavy (non-hydrogen) atoms. The third kappa shape index (κ3) is 7.03. The maximum atomic E-state index is 2.33. The van der Waals surface area contributed by atoms with Crippen LogP contribution in [0.25, 0.3) is 0 Å². The number of likely N-dealkylation sites (tertiary alicyclic amines) is 1. The normalized spacial score (nSPS) is 23.6. The fourth-order valence-electron chi connectivity index (χ4n) is 3.14. The molecular weight excluding hydrogens is 213 g/mol. The van der Waals surface area contributed by atoms with E-state index in [-0.39, 0.29) is 4.70 Å². The number of rotatable bonds is 9. The highest BCUT2D eigenvalue weighted by Crippen LogP contribution is 2.07. The van der Waals surface area contributed by atoms with Crippen molar-refractivity contribution in [2.75, 3.05) is 13.1 Å². The molecule has 1 nitrogen and oxygen atoms in total. The van der Waals surface area contributed by atoms with Crippen LogP contribution in [0.3, 0.4) is 0 Å². The van der Waals surface area contributed by atoms with Gasteiger partial charge in [-0.15, -0.1) is 0 Å². The predicted octanol–water partition coefficient (Wildman–Crippen LogP) is 0.198. The summed E-state index contributed by atoms with van der Waals surface area (Å²) in [6, 6.07) is 1.01. The SMILES string of the molecule is CCCCCCCC[NH+]1CCCC1CCC.[F-]. The van der Waals surface area contributed by atoms with Gasteiger partial charge in [0, 0.05) is 12.8 Å². The fraction of sp³-hybridized carbons (Fsp3) is 1.00. The fourth-order valence-corrected chi connectivity index (χ4v) is 3.14. The summed E-state index contributed by atoms with van der Waals surface area (Å²) in [5.41, 5.74) is 0. The molecule has 1 aliphatic heterocycles. The highest BCUT2D eigenvalue weighted by atomic mass is 19.0. The van der Waals surface area contributed by atoms with Crippen LogP contribution in [0.5, 0.6) is 0 Å². The monoisotopic (exact) mass is 245 g/mol. The van der Waals surface area contributed by atoms with Gasteiger partial charge in [0.2, 0.25) is 0 Å². The Hall–Kier alpha value is -0.110. The summed E-state index contributed by atoms with van der Waals surface area (Å²) < 4.78 is 0. The maximum absolute atomic E-state index is 2.33. The molecule has 0 saturated carbocycles. The van der Waals surface area contributed by atoms with E-state index < -0.39 is 0 Å². The van der Waals surface area contributed by atoms with Crippen molar-refractivity contribution in [3.63, 3.8) is 0 Å². The van der Waals surface area contributed by atoms with Crippen molar-refractivity contribution in [3.8, 4) is 0 Å². The van der Waals surface area contributed by atoms with Gasteiger partial charge in [0.15, 0.2) is 0 Å². The van der Waals surface area contributed by atoms with Gasteiger partial charge in [-0.3, -0.25) is 0 Å². The summed E-state index contributed by atoms with van der Waals surface area (Å²) in [5, 5.41) is 0. The summed E-state index contributed by atoms with van der Waals surface area (Å²) in [4.78, 5) is 1.93. The molecule has 0 aromatic carbocycles. The van der Waals surface area contributed by atoms with Gasteiger partial charge in [0.25, 0.3) is 0 Å². The van der Waals surface area contributed by atoms with Crippen LogP contribution in [0.15, 0.2) is 0 Å². The first kappa shape index (κ1) is 16.9. The molecule has 0 aromatic heterocycles. The molecule has 1 N–H and O–H groups in total. The van der Waals surface area contributed by atoms with Crippen molar-refractivity contribution in [2.24, 2.45) is 0 Å². The van der Waals surface area contributed by atoms with Crippen molar-refractivity contribution in [1.29, 1.82) is 0 Å². The Morgan fingerprint density at radius 3 is 2.35 bits per heavy atom. The van der Waals surface area contributed by atoms with Gasteiger partial charge in [0.05, 0.1) is 19.1 Å². The lowest BCUT2D eigenvalue weighted by atomic mass is 10.1. The Balaban J connectivity index is 0.00000256. The second-order valence-corrected chi connectivity index (χ2v) is 5.55. The van der Waals surface area contributed by atoms with Crippen LogP contribution < -0.4 is 9.60 Å². The Morgan fingerprint density at radius 2 is 1.65 bits per heavy atom. The number of unbranched alkanes of at least 4 members (excludes halogenated alkanes) is 5. The second-order valence-electron chi connectivity index (χ2n) is 5.55. The Bertz CT molecular complexity index is 161. The van der Waals surface area contributed by atoms with Crippen LogP contribution in [-0.2, 0) is 0 Å². The van der Waals surface area contributed by atoms with Gasteiger partial charge in [-0.2, -0.15) is 0 Å². The Labute approximate surface area is 107 Å². The quantitative estimate of drug-likeness (QED) is 0.554. The minimum Gasteiger partial charge on any atom is -1.00 e. The number of quaternary nitrogens is 1. The first-order valence-corrected chi connectivity index (χ1v) is 7.73. The van der Waals surface area contributed by atoms with Gasteiger partial charge < -0.3 is 9.60 Å². The number of halogens is 1. The summed E-state index contributed by atoms with van der Waals surface area (Å²) in [6.07, 6.45) is 14.5. The van der Waals surface area contributed by atoms with Crippen LogP contribution in [-0.4, -0.2) is 19.1 Å². The van der Waals surface area contributed by atoms with Crippen molar-refractivity contribution in [2.45, 2.75) is 84.1 Å². The molecule has 0 aliphatic carbocycles. The van der Waals surface area contributed by atoms with Crippen LogP contribution in [0.2, 0.25) is 0 Å². The van der Waals surface area contributed by atoms with E-state index in [9.17, 15) is 0 Å². The molecule has 0 spiro atoms. The summed E-state index contributed by atoms with van der Waals surface area (Å²) in [6.45, 7) is 7.54.